The lowest BCUT2D eigenvalue weighted by molar-refractivity contribution is 0.102. The van der Waals surface area contributed by atoms with Crippen LogP contribution in [0.3, 0.4) is 0 Å². The normalized spacial score (nSPS) is 10.7. The fraction of sp³-hybridized carbons (Fsp3) is 0.0500. The first-order chi connectivity index (χ1) is 12.7. The van der Waals surface area contributed by atoms with Crippen LogP contribution in [-0.4, -0.2) is 20.5 Å². The molecule has 1 amide bonds. The standard InChI is InChI=1S/C20H16N4O2/c1-14-3-7-16(8-4-14)26-17-9-5-15(6-10-17)23-20(25)18-13-22-24-12-2-11-21-19(18)24/h2-13H,1H3,(H,23,25). The van der Waals surface area contributed by atoms with Gasteiger partial charge in [-0.2, -0.15) is 5.10 Å². The van der Waals surface area contributed by atoms with E-state index in [4.69, 9.17) is 4.74 Å². The summed E-state index contributed by atoms with van der Waals surface area (Å²) in [5, 5.41) is 6.97. The maximum atomic E-state index is 12.5. The number of fused-ring (bicyclic) bond motifs is 1. The van der Waals surface area contributed by atoms with Crippen LogP contribution in [0.4, 0.5) is 5.69 Å². The Morgan fingerprint density at radius 3 is 2.46 bits per heavy atom. The number of carbonyl (C=O) groups excluding carboxylic acids is 1. The lowest BCUT2D eigenvalue weighted by Gasteiger charge is -2.08. The van der Waals surface area contributed by atoms with Crippen molar-refractivity contribution in [3.8, 4) is 11.5 Å². The number of nitrogens with zero attached hydrogens (tertiary/aromatic N) is 3. The van der Waals surface area contributed by atoms with E-state index in [-0.39, 0.29) is 5.91 Å². The minimum Gasteiger partial charge on any atom is -0.457 e. The molecule has 2 heterocycles. The van der Waals surface area contributed by atoms with Crippen molar-refractivity contribution in [1.82, 2.24) is 14.6 Å². The molecule has 6 heteroatoms. The first kappa shape index (κ1) is 15.8. The fourth-order valence-corrected chi connectivity index (χ4v) is 2.53. The predicted octanol–water partition coefficient (Wildman–Crippen LogP) is 4.08. The van der Waals surface area contributed by atoms with Crippen LogP contribution in [0.1, 0.15) is 15.9 Å². The van der Waals surface area contributed by atoms with E-state index < -0.39 is 0 Å². The lowest BCUT2D eigenvalue weighted by Crippen LogP contribution is -2.11. The van der Waals surface area contributed by atoms with Gasteiger partial charge in [-0.05, 0) is 49.4 Å². The third kappa shape index (κ3) is 3.25. The van der Waals surface area contributed by atoms with Crippen molar-refractivity contribution in [2.24, 2.45) is 0 Å². The van der Waals surface area contributed by atoms with Gasteiger partial charge in [-0.3, -0.25) is 4.79 Å². The van der Waals surface area contributed by atoms with Crippen molar-refractivity contribution in [3.63, 3.8) is 0 Å². The zero-order valence-corrected chi connectivity index (χ0v) is 14.1. The highest BCUT2D eigenvalue weighted by Gasteiger charge is 2.13. The van der Waals surface area contributed by atoms with Gasteiger partial charge < -0.3 is 10.1 Å². The van der Waals surface area contributed by atoms with Gasteiger partial charge in [-0.15, -0.1) is 0 Å². The maximum absolute atomic E-state index is 12.5. The van der Waals surface area contributed by atoms with Crippen LogP contribution in [-0.2, 0) is 0 Å². The minimum atomic E-state index is -0.258. The van der Waals surface area contributed by atoms with E-state index in [1.54, 1.807) is 35.1 Å². The number of carbonyl (C=O) groups is 1. The van der Waals surface area contributed by atoms with Crippen molar-refractivity contribution in [2.75, 3.05) is 5.32 Å². The molecule has 0 saturated carbocycles. The summed E-state index contributed by atoms with van der Waals surface area (Å²) in [4.78, 5) is 16.7. The molecule has 6 nitrogen and oxygen atoms in total. The Morgan fingerprint density at radius 1 is 1.04 bits per heavy atom. The number of anilines is 1. The summed E-state index contributed by atoms with van der Waals surface area (Å²) in [6.45, 7) is 2.03. The molecule has 0 aliphatic rings. The molecule has 1 N–H and O–H groups in total. The summed E-state index contributed by atoms with van der Waals surface area (Å²) in [6.07, 6.45) is 4.88. The second kappa shape index (κ2) is 6.68. The van der Waals surface area contributed by atoms with Crippen molar-refractivity contribution >= 4 is 17.2 Å². The zero-order valence-electron chi connectivity index (χ0n) is 14.1. The Balaban J connectivity index is 1.47. The summed E-state index contributed by atoms with van der Waals surface area (Å²) >= 11 is 0. The summed E-state index contributed by atoms with van der Waals surface area (Å²) in [5.41, 5.74) is 2.79. The minimum absolute atomic E-state index is 0.258. The molecule has 0 bridgehead atoms. The van der Waals surface area contributed by atoms with Gasteiger partial charge in [0.2, 0.25) is 0 Å². The lowest BCUT2D eigenvalue weighted by atomic mass is 10.2. The molecule has 0 saturated heterocycles. The van der Waals surface area contributed by atoms with Gasteiger partial charge in [-0.1, -0.05) is 17.7 Å². The average Bonchev–Trinajstić information content (AvgIpc) is 3.09. The quantitative estimate of drug-likeness (QED) is 0.606. The Kier molecular flexibility index (Phi) is 4.07. The van der Waals surface area contributed by atoms with Gasteiger partial charge in [0, 0.05) is 18.1 Å². The number of nitrogens with one attached hydrogen (secondary N) is 1. The Morgan fingerprint density at radius 2 is 1.73 bits per heavy atom. The van der Waals surface area contributed by atoms with Crippen molar-refractivity contribution in [3.05, 3.63) is 84.3 Å². The van der Waals surface area contributed by atoms with E-state index in [1.807, 2.05) is 43.3 Å². The van der Waals surface area contributed by atoms with Crippen LogP contribution in [0.25, 0.3) is 5.65 Å². The van der Waals surface area contributed by atoms with Gasteiger partial charge in [0.25, 0.3) is 5.91 Å². The molecule has 4 rings (SSSR count). The summed E-state index contributed by atoms with van der Waals surface area (Å²) in [7, 11) is 0. The second-order valence-electron chi connectivity index (χ2n) is 5.84. The number of benzene rings is 2. The average molecular weight is 344 g/mol. The number of aromatic nitrogens is 3. The van der Waals surface area contributed by atoms with E-state index in [0.29, 0.717) is 22.6 Å². The van der Waals surface area contributed by atoms with Crippen LogP contribution in [0.5, 0.6) is 11.5 Å². The summed E-state index contributed by atoms with van der Waals surface area (Å²) < 4.78 is 7.35. The summed E-state index contributed by atoms with van der Waals surface area (Å²) in [5.74, 6) is 1.21. The van der Waals surface area contributed by atoms with Gasteiger partial charge in [0.1, 0.15) is 17.1 Å². The van der Waals surface area contributed by atoms with Crippen molar-refractivity contribution < 1.29 is 9.53 Å². The van der Waals surface area contributed by atoms with E-state index in [1.165, 1.54) is 11.8 Å². The van der Waals surface area contributed by atoms with Gasteiger partial charge >= 0.3 is 0 Å². The molecule has 0 atom stereocenters. The number of rotatable bonds is 4. The highest BCUT2D eigenvalue weighted by Crippen LogP contribution is 2.23. The molecule has 0 unspecified atom stereocenters. The molecule has 0 spiro atoms. The molecule has 2 aromatic carbocycles. The number of aryl methyl sites for hydroxylation is 1. The molecule has 0 aliphatic carbocycles. The SMILES string of the molecule is Cc1ccc(Oc2ccc(NC(=O)c3cnn4cccnc34)cc2)cc1. The van der Waals surface area contributed by atoms with Crippen LogP contribution in [0.2, 0.25) is 0 Å². The molecule has 0 aliphatic heterocycles. The topological polar surface area (TPSA) is 68.5 Å². The van der Waals surface area contributed by atoms with Gasteiger partial charge in [0.15, 0.2) is 5.65 Å². The molecular weight excluding hydrogens is 328 g/mol. The van der Waals surface area contributed by atoms with E-state index in [9.17, 15) is 4.79 Å². The van der Waals surface area contributed by atoms with Crippen LogP contribution in [0, 0.1) is 6.92 Å². The molecule has 26 heavy (non-hydrogen) atoms. The first-order valence-electron chi connectivity index (χ1n) is 8.13. The molecule has 4 aromatic rings. The first-order valence-corrected chi connectivity index (χ1v) is 8.13. The Labute approximate surface area is 150 Å². The molecule has 0 fully saturated rings. The number of hydrogen-bond donors (Lipinski definition) is 1. The third-order valence-electron chi connectivity index (χ3n) is 3.89. The van der Waals surface area contributed by atoms with Gasteiger partial charge in [-0.25, -0.2) is 9.50 Å². The van der Waals surface area contributed by atoms with Crippen LogP contribution >= 0.6 is 0 Å². The molecule has 0 radical (unpaired) electrons. The largest absolute Gasteiger partial charge is 0.457 e. The van der Waals surface area contributed by atoms with E-state index in [0.717, 1.165) is 5.75 Å². The van der Waals surface area contributed by atoms with Crippen molar-refractivity contribution in [2.45, 2.75) is 6.92 Å². The van der Waals surface area contributed by atoms with Crippen LogP contribution in [0.15, 0.2) is 73.2 Å². The van der Waals surface area contributed by atoms with Gasteiger partial charge in [0.05, 0.1) is 6.20 Å². The second-order valence-corrected chi connectivity index (χ2v) is 5.84. The van der Waals surface area contributed by atoms with Crippen LogP contribution < -0.4 is 10.1 Å². The molecular formula is C20H16N4O2. The van der Waals surface area contributed by atoms with E-state index in [2.05, 4.69) is 15.4 Å². The van der Waals surface area contributed by atoms with E-state index >= 15 is 0 Å². The fourth-order valence-electron chi connectivity index (χ4n) is 2.53. The predicted molar refractivity (Wildman–Crippen MR) is 98.6 cm³/mol. The molecule has 2 aromatic heterocycles. The summed E-state index contributed by atoms with van der Waals surface area (Å²) in [6, 6.07) is 16.8. The monoisotopic (exact) mass is 344 g/mol. The zero-order chi connectivity index (χ0) is 17.9. The molecule has 128 valence electrons. The maximum Gasteiger partial charge on any atom is 0.261 e. The highest BCUT2D eigenvalue weighted by atomic mass is 16.5. The number of amides is 1. The number of hydrogen-bond acceptors (Lipinski definition) is 4. The Bertz CT molecular complexity index is 1050. The Hall–Kier alpha value is -3.67. The number of ether oxygens (including phenoxy) is 1. The third-order valence-corrected chi connectivity index (χ3v) is 3.89. The van der Waals surface area contributed by atoms with Crippen molar-refractivity contribution in [1.29, 1.82) is 0 Å². The highest BCUT2D eigenvalue weighted by molar-refractivity contribution is 6.08. The smallest absolute Gasteiger partial charge is 0.261 e.